The van der Waals surface area contributed by atoms with Gasteiger partial charge in [-0.15, -0.1) is 0 Å². The topological polar surface area (TPSA) is 100 Å². The Morgan fingerprint density at radius 3 is 2.77 bits per heavy atom. The van der Waals surface area contributed by atoms with E-state index in [4.69, 9.17) is 14.2 Å². The largest absolute Gasteiger partial charge is 0.493 e. The third kappa shape index (κ3) is 4.68. The number of hydrogen-bond acceptors (Lipinski definition) is 7. The number of carbonyl (C=O) groups excluding carboxylic acids is 1. The maximum absolute atomic E-state index is 12.3. The van der Waals surface area contributed by atoms with Crippen LogP contribution in [0.5, 0.6) is 11.5 Å². The summed E-state index contributed by atoms with van der Waals surface area (Å²) in [5.74, 6) is 0.443. The van der Waals surface area contributed by atoms with Gasteiger partial charge in [0.25, 0.3) is 5.69 Å². The zero-order valence-electron chi connectivity index (χ0n) is 16.5. The summed E-state index contributed by atoms with van der Waals surface area (Å²) < 4.78 is 17.2. The molecule has 156 valence electrons. The van der Waals surface area contributed by atoms with Crippen molar-refractivity contribution in [2.45, 2.75) is 26.4 Å². The lowest BCUT2D eigenvalue weighted by Crippen LogP contribution is -2.11. The van der Waals surface area contributed by atoms with Crippen LogP contribution in [0.4, 0.5) is 5.69 Å². The standard InChI is InChI=1S/C21H19BrN2O6/c1-4-12(2)29-19-16(22)8-13(10-18(19)28-3)9-17-21(25)30-20(23-17)14-6-5-7-15(11-14)24(26)27/h5-12H,4H2,1-3H3/b17-9-. The molecule has 0 N–H and O–H groups in total. The van der Waals surface area contributed by atoms with Crippen molar-refractivity contribution in [3.63, 3.8) is 0 Å². The summed E-state index contributed by atoms with van der Waals surface area (Å²) >= 11 is 3.48. The molecule has 0 aromatic heterocycles. The van der Waals surface area contributed by atoms with Crippen LogP contribution in [0.25, 0.3) is 6.08 Å². The maximum Gasteiger partial charge on any atom is 0.363 e. The van der Waals surface area contributed by atoms with E-state index < -0.39 is 10.9 Å². The van der Waals surface area contributed by atoms with Gasteiger partial charge < -0.3 is 14.2 Å². The number of cyclic esters (lactones) is 1. The summed E-state index contributed by atoms with van der Waals surface area (Å²) in [6.07, 6.45) is 2.39. The van der Waals surface area contributed by atoms with Crippen molar-refractivity contribution in [1.29, 1.82) is 0 Å². The van der Waals surface area contributed by atoms with Crippen molar-refractivity contribution in [3.05, 3.63) is 67.8 Å². The first kappa shape index (κ1) is 21.5. The van der Waals surface area contributed by atoms with Crippen molar-refractivity contribution in [2.75, 3.05) is 7.11 Å². The molecule has 0 radical (unpaired) electrons. The summed E-state index contributed by atoms with van der Waals surface area (Å²) in [7, 11) is 1.53. The first-order valence-electron chi connectivity index (χ1n) is 9.14. The summed E-state index contributed by atoms with van der Waals surface area (Å²) in [6, 6.07) is 9.25. The summed E-state index contributed by atoms with van der Waals surface area (Å²) in [5, 5.41) is 11.0. The van der Waals surface area contributed by atoms with Crippen LogP contribution in [-0.4, -0.2) is 30.0 Å². The van der Waals surface area contributed by atoms with Gasteiger partial charge in [-0.25, -0.2) is 9.79 Å². The van der Waals surface area contributed by atoms with E-state index in [1.54, 1.807) is 24.3 Å². The molecule has 0 spiro atoms. The molecular formula is C21H19BrN2O6. The van der Waals surface area contributed by atoms with Crippen molar-refractivity contribution < 1.29 is 23.9 Å². The second-order valence-corrected chi connectivity index (χ2v) is 7.37. The zero-order chi connectivity index (χ0) is 21.8. The fourth-order valence-electron chi connectivity index (χ4n) is 2.67. The minimum absolute atomic E-state index is 0.00583. The minimum Gasteiger partial charge on any atom is -0.493 e. The normalized spacial score (nSPS) is 15.5. The lowest BCUT2D eigenvalue weighted by Gasteiger charge is -2.17. The van der Waals surface area contributed by atoms with Gasteiger partial charge in [0.15, 0.2) is 17.2 Å². The van der Waals surface area contributed by atoms with Crippen LogP contribution in [-0.2, 0) is 9.53 Å². The molecule has 1 aliphatic rings. The monoisotopic (exact) mass is 474 g/mol. The molecule has 8 nitrogen and oxygen atoms in total. The van der Waals surface area contributed by atoms with Crippen LogP contribution in [0.2, 0.25) is 0 Å². The summed E-state index contributed by atoms with van der Waals surface area (Å²) in [6.45, 7) is 3.98. The lowest BCUT2D eigenvalue weighted by molar-refractivity contribution is -0.384. The Kier molecular flexibility index (Phi) is 6.51. The van der Waals surface area contributed by atoms with Crippen molar-refractivity contribution in [2.24, 2.45) is 4.99 Å². The average molecular weight is 475 g/mol. The fourth-order valence-corrected chi connectivity index (χ4v) is 3.22. The minimum atomic E-state index is -0.647. The number of halogens is 1. The number of carbonyl (C=O) groups is 1. The van der Waals surface area contributed by atoms with Gasteiger partial charge in [0, 0.05) is 17.7 Å². The molecule has 3 rings (SSSR count). The van der Waals surface area contributed by atoms with E-state index in [0.717, 1.165) is 6.42 Å². The molecule has 30 heavy (non-hydrogen) atoms. The predicted molar refractivity (Wildman–Crippen MR) is 115 cm³/mol. The number of nitrogens with zero attached hydrogens (tertiary/aromatic N) is 2. The first-order chi connectivity index (χ1) is 14.3. The Labute approximate surface area is 181 Å². The molecule has 1 aliphatic heterocycles. The van der Waals surface area contributed by atoms with Gasteiger partial charge in [-0.05, 0) is 59.1 Å². The van der Waals surface area contributed by atoms with Gasteiger partial charge in [0.05, 0.1) is 22.6 Å². The SMILES string of the molecule is CCC(C)Oc1c(Br)cc(/C=C2\N=C(c3cccc([N+](=O)[O-])c3)OC2=O)cc1OC. The van der Waals surface area contributed by atoms with Gasteiger partial charge in [-0.2, -0.15) is 0 Å². The number of non-ortho nitro benzene ring substituents is 1. The van der Waals surface area contributed by atoms with Crippen LogP contribution < -0.4 is 9.47 Å². The number of aliphatic imine (C=N–C) groups is 1. The maximum atomic E-state index is 12.3. The van der Waals surface area contributed by atoms with Crippen LogP contribution in [0.1, 0.15) is 31.4 Å². The quantitative estimate of drug-likeness (QED) is 0.245. The molecule has 0 aliphatic carbocycles. The van der Waals surface area contributed by atoms with Gasteiger partial charge in [0.1, 0.15) is 0 Å². The first-order valence-corrected chi connectivity index (χ1v) is 9.93. The van der Waals surface area contributed by atoms with Gasteiger partial charge in [-0.1, -0.05) is 13.0 Å². The number of nitro groups is 1. The zero-order valence-corrected chi connectivity index (χ0v) is 18.1. The van der Waals surface area contributed by atoms with Crippen molar-refractivity contribution in [1.82, 2.24) is 0 Å². The third-order valence-corrected chi connectivity index (χ3v) is 4.96. The molecule has 0 saturated heterocycles. The lowest BCUT2D eigenvalue weighted by atomic mass is 10.1. The van der Waals surface area contributed by atoms with Crippen LogP contribution in [0, 0.1) is 10.1 Å². The molecule has 0 bridgehead atoms. The third-order valence-electron chi connectivity index (χ3n) is 4.37. The van der Waals surface area contributed by atoms with E-state index in [9.17, 15) is 14.9 Å². The fraction of sp³-hybridized carbons (Fsp3) is 0.238. The Bertz CT molecular complexity index is 1060. The van der Waals surface area contributed by atoms with E-state index in [0.29, 0.717) is 27.1 Å². The highest BCUT2D eigenvalue weighted by Gasteiger charge is 2.25. The van der Waals surface area contributed by atoms with Crippen molar-refractivity contribution >= 4 is 39.6 Å². The predicted octanol–water partition coefficient (Wildman–Crippen LogP) is 4.89. The summed E-state index contributed by atoms with van der Waals surface area (Å²) in [5.41, 5.74) is 0.943. The second kappa shape index (κ2) is 9.08. The van der Waals surface area contributed by atoms with Crippen LogP contribution >= 0.6 is 15.9 Å². The molecule has 0 saturated carbocycles. The molecule has 1 unspecified atom stereocenters. The molecule has 2 aromatic rings. The molecule has 0 amide bonds. The Balaban J connectivity index is 1.94. The number of rotatable bonds is 7. The van der Waals surface area contributed by atoms with E-state index in [1.165, 1.54) is 25.3 Å². The van der Waals surface area contributed by atoms with E-state index in [-0.39, 0.29) is 23.4 Å². The van der Waals surface area contributed by atoms with Gasteiger partial charge in [-0.3, -0.25) is 10.1 Å². The number of nitro benzene ring substituents is 1. The smallest absolute Gasteiger partial charge is 0.363 e. The van der Waals surface area contributed by atoms with E-state index in [1.807, 2.05) is 13.8 Å². The molecule has 9 heteroatoms. The highest BCUT2D eigenvalue weighted by atomic mass is 79.9. The van der Waals surface area contributed by atoms with Crippen LogP contribution in [0.3, 0.4) is 0 Å². The highest BCUT2D eigenvalue weighted by molar-refractivity contribution is 9.10. The Morgan fingerprint density at radius 1 is 1.33 bits per heavy atom. The average Bonchev–Trinajstić information content (AvgIpc) is 3.09. The van der Waals surface area contributed by atoms with Crippen LogP contribution in [0.15, 0.2) is 51.6 Å². The summed E-state index contributed by atoms with van der Waals surface area (Å²) in [4.78, 5) is 26.9. The van der Waals surface area contributed by atoms with Gasteiger partial charge >= 0.3 is 5.97 Å². The molecule has 0 fully saturated rings. The van der Waals surface area contributed by atoms with E-state index in [2.05, 4.69) is 20.9 Å². The molecule has 2 aromatic carbocycles. The Morgan fingerprint density at radius 2 is 2.10 bits per heavy atom. The number of ether oxygens (including phenoxy) is 3. The van der Waals surface area contributed by atoms with E-state index >= 15 is 0 Å². The van der Waals surface area contributed by atoms with Gasteiger partial charge in [0.2, 0.25) is 5.90 Å². The molecular weight excluding hydrogens is 456 g/mol. The Hall–Kier alpha value is -3.20. The number of esters is 1. The number of methoxy groups -OCH3 is 1. The number of benzene rings is 2. The highest BCUT2D eigenvalue weighted by Crippen LogP contribution is 2.38. The molecule has 1 atom stereocenters. The molecule has 1 heterocycles. The number of hydrogen-bond donors (Lipinski definition) is 0. The van der Waals surface area contributed by atoms with Crippen molar-refractivity contribution in [3.8, 4) is 11.5 Å². The second-order valence-electron chi connectivity index (χ2n) is 6.51.